The van der Waals surface area contributed by atoms with Crippen molar-refractivity contribution in [2.45, 2.75) is 38.6 Å². The maximum Gasteiger partial charge on any atom is 0.274 e. The van der Waals surface area contributed by atoms with Gasteiger partial charge in [0.05, 0.1) is 12.1 Å². The molecule has 0 radical (unpaired) electrons. The number of rotatable bonds is 5. The highest BCUT2D eigenvalue weighted by Crippen LogP contribution is 2.26. The van der Waals surface area contributed by atoms with Crippen LogP contribution >= 0.6 is 0 Å². The number of fused-ring (bicyclic) bond motifs is 2. The van der Waals surface area contributed by atoms with Crippen LogP contribution in [0.25, 0.3) is 44.9 Å². The average molecular weight is 456 g/mol. The molecule has 0 unspecified atom stereocenters. The number of para-hydroxylation sites is 1. The number of hydrogen-bond acceptors (Lipinski definition) is 6. The van der Waals surface area contributed by atoms with Crippen molar-refractivity contribution in [3.05, 3.63) is 48.5 Å². The Labute approximate surface area is 195 Å². The zero-order chi connectivity index (χ0) is 22.9. The summed E-state index contributed by atoms with van der Waals surface area (Å²) in [6, 6.07) is 15.8. The molecular weight excluding hydrogens is 430 g/mol. The number of likely N-dealkylation sites (tertiary alicyclic amines) is 1. The third-order valence-electron chi connectivity index (χ3n) is 6.45. The maximum atomic E-state index is 12.6. The van der Waals surface area contributed by atoms with Crippen molar-refractivity contribution in [1.82, 2.24) is 35.0 Å². The highest BCUT2D eigenvalue weighted by atomic mass is 16.5. The number of aromatic nitrogens is 6. The topological polar surface area (TPSA) is 106 Å². The highest BCUT2D eigenvalue weighted by Gasteiger charge is 2.17. The van der Waals surface area contributed by atoms with Crippen molar-refractivity contribution < 1.29 is 9.32 Å². The first-order valence-corrected chi connectivity index (χ1v) is 11.8. The van der Waals surface area contributed by atoms with Crippen molar-refractivity contribution in [1.29, 1.82) is 0 Å². The molecule has 5 aromatic rings. The van der Waals surface area contributed by atoms with E-state index in [9.17, 15) is 4.79 Å². The van der Waals surface area contributed by atoms with Gasteiger partial charge in [-0.25, -0.2) is 4.68 Å². The summed E-state index contributed by atoms with van der Waals surface area (Å²) in [5.41, 5.74) is 4.21. The lowest BCUT2D eigenvalue weighted by molar-refractivity contribution is -0.131. The number of aryl methyl sites for hydroxylation is 1. The van der Waals surface area contributed by atoms with Gasteiger partial charge in [0.2, 0.25) is 11.7 Å². The summed E-state index contributed by atoms with van der Waals surface area (Å²) < 4.78 is 7.30. The van der Waals surface area contributed by atoms with E-state index >= 15 is 0 Å². The second-order valence-electron chi connectivity index (χ2n) is 8.75. The Morgan fingerprint density at radius 3 is 2.74 bits per heavy atom. The fourth-order valence-corrected chi connectivity index (χ4v) is 4.59. The fourth-order valence-electron chi connectivity index (χ4n) is 4.59. The van der Waals surface area contributed by atoms with E-state index in [2.05, 4.69) is 25.4 Å². The number of H-pyrrole nitrogens is 1. The zero-order valence-corrected chi connectivity index (χ0v) is 18.8. The Morgan fingerprint density at radius 2 is 1.88 bits per heavy atom. The SMILES string of the molecule is O=C(CCn1nnc2cc(-c3noc(-c4cc5ccccc5[nH]4)n3)ccc21)N1CCCCCC1. The molecule has 6 rings (SSSR count). The van der Waals surface area contributed by atoms with E-state index < -0.39 is 0 Å². The number of benzene rings is 2. The van der Waals surface area contributed by atoms with Gasteiger partial charge in [-0.05, 0) is 43.2 Å². The summed E-state index contributed by atoms with van der Waals surface area (Å²) in [7, 11) is 0. The molecule has 4 heterocycles. The lowest BCUT2D eigenvalue weighted by Crippen LogP contribution is -2.32. The van der Waals surface area contributed by atoms with E-state index in [4.69, 9.17) is 4.52 Å². The first-order chi connectivity index (χ1) is 16.7. The van der Waals surface area contributed by atoms with E-state index in [1.807, 2.05) is 53.4 Å². The van der Waals surface area contributed by atoms with Crippen LogP contribution in [0.2, 0.25) is 0 Å². The molecule has 1 aliphatic rings. The van der Waals surface area contributed by atoms with Gasteiger partial charge in [-0.1, -0.05) is 41.4 Å². The molecule has 1 fully saturated rings. The lowest BCUT2D eigenvalue weighted by atomic mass is 10.2. The van der Waals surface area contributed by atoms with Gasteiger partial charge in [0.15, 0.2) is 0 Å². The summed E-state index contributed by atoms with van der Waals surface area (Å²) in [4.78, 5) is 22.5. The first-order valence-electron chi connectivity index (χ1n) is 11.8. The second-order valence-corrected chi connectivity index (χ2v) is 8.75. The van der Waals surface area contributed by atoms with Crippen LogP contribution in [0.15, 0.2) is 53.1 Å². The summed E-state index contributed by atoms with van der Waals surface area (Å²) in [5, 5.41) is 13.8. The predicted octanol–water partition coefficient (Wildman–Crippen LogP) is 4.42. The van der Waals surface area contributed by atoms with Crippen molar-refractivity contribution in [3.63, 3.8) is 0 Å². The van der Waals surface area contributed by atoms with E-state index in [1.54, 1.807) is 4.68 Å². The molecule has 172 valence electrons. The van der Waals surface area contributed by atoms with Crippen molar-refractivity contribution in [2.24, 2.45) is 0 Å². The van der Waals surface area contributed by atoms with Crippen LogP contribution in [-0.4, -0.2) is 54.0 Å². The van der Waals surface area contributed by atoms with Crippen LogP contribution in [0, 0.1) is 0 Å². The minimum Gasteiger partial charge on any atom is -0.351 e. The van der Waals surface area contributed by atoms with Crippen LogP contribution in [0.5, 0.6) is 0 Å². The monoisotopic (exact) mass is 455 g/mol. The van der Waals surface area contributed by atoms with Crippen molar-refractivity contribution >= 4 is 27.8 Å². The van der Waals surface area contributed by atoms with Gasteiger partial charge >= 0.3 is 0 Å². The lowest BCUT2D eigenvalue weighted by Gasteiger charge is -2.20. The van der Waals surface area contributed by atoms with Crippen molar-refractivity contribution in [2.75, 3.05) is 13.1 Å². The summed E-state index contributed by atoms with van der Waals surface area (Å²) >= 11 is 0. The number of aromatic amines is 1. The molecule has 9 heteroatoms. The van der Waals surface area contributed by atoms with Gasteiger partial charge in [-0.15, -0.1) is 5.10 Å². The third kappa shape index (κ3) is 3.93. The molecule has 0 aliphatic carbocycles. The molecule has 1 aliphatic heterocycles. The van der Waals surface area contributed by atoms with E-state index in [0.717, 1.165) is 59.1 Å². The standard InChI is InChI=1S/C25H25N7O2/c33-23(31-12-5-1-2-6-13-31)11-14-32-22-10-9-18(16-20(22)28-30-32)24-27-25(34-29-24)21-15-17-7-3-4-8-19(17)26-21/h3-4,7-10,15-16,26H,1-2,5-6,11-14H2. The summed E-state index contributed by atoms with van der Waals surface area (Å²) in [6.45, 7) is 2.24. The Bertz CT molecular complexity index is 1420. The zero-order valence-electron chi connectivity index (χ0n) is 18.8. The van der Waals surface area contributed by atoms with E-state index in [1.165, 1.54) is 12.8 Å². The average Bonchev–Trinajstić information content (AvgIpc) is 3.56. The number of nitrogens with one attached hydrogen (secondary N) is 1. The molecule has 1 amide bonds. The summed E-state index contributed by atoms with van der Waals surface area (Å²) in [6.07, 6.45) is 5.05. The normalized spacial score (nSPS) is 14.6. The van der Waals surface area contributed by atoms with E-state index in [-0.39, 0.29) is 5.91 Å². The van der Waals surface area contributed by atoms with Crippen LogP contribution in [0.4, 0.5) is 0 Å². The van der Waals surface area contributed by atoms with Gasteiger partial charge in [-0.2, -0.15) is 4.98 Å². The number of carbonyl (C=O) groups excluding carboxylic acids is 1. The Kier molecular flexibility index (Phi) is 5.29. The van der Waals surface area contributed by atoms with Gasteiger partial charge in [-0.3, -0.25) is 4.79 Å². The second kappa shape index (κ2) is 8.74. The molecule has 34 heavy (non-hydrogen) atoms. The Hall–Kier alpha value is -4.01. The minimum absolute atomic E-state index is 0.193. The molecule has 0 atom stereocenters. The van der Waals surface area contributed by atoms with E-state index in [0.29, 0.717) is 24.7 Å². The molecule has 9 nitrogen and oxygen atoms in total. The van der Waals surface area contributed by atoms with Crippen LogP contribution in [0.1, 0.15) is 32.1 Å². The van der Waals surface area contributed by atoms with Crippen LogP contribution < -0.4 is 0 Å². The van der Waals surface area contributed by atoms with Crippen molar-refractivity contribution in [3.8, 4) is 23.0 Å². The molecule has 1 N–H and O–H groups in total. The number of nitrogens with zero attached hydrogens (tertiary/aromatic N) is 6. The molecule has 3 aromatic heterocycles. The molecule has 0 spiro atoms. The molecule has 1 saturated heterocycles. The quantitative estimate of drug-likeness (QED) is 0.420. The Morgan fingerprint density at radius 1 is 1.03 bits per heavy atom. The maximum absolute atomic E-state index is 12.6. The first kappa shape index (κ1) is 20.6. The third-order valence-corrected chi connectivity index (χ3v) is 6.45. The Balaban J connectivity index is 1.18. The van der Waals surface area contributed by atoms with Gasteiger partial charge in [0.1, 0.15) is 11.2 Å². The number of amides is 1. The number of hydrogen-bond donors (Lipinski definition) is 1. The smallest absolute Gasteiger partial charge is 0.274 e. The molecule has 0 saturated carbocycles. The molecular formula is C25H25N7O2. The van der Waals surface area contributed by atoms with Gasteiger partial charge < -0.3 is 14.4 Å². The van der Waals surface area contributed by atoms with Crippen LogP contribution in [0.3, 0.4) is 0 Å². The largest absolute Gasteiger partial charge is 0.351 e. The molecule has 2 aromatic carbocycles. The molecule has 0 bridgehead atoms. The number of carbonyl (C=O) groups is 1. The van der Waals surface area contributed by atoms with Gasteiger partial charge in [0, 0.05) is 36.0 Å². The summed E-state index contributed by atoms with van der Waals surface area (Å²) in [5.74, 6) is 1.11. The van der Waals surface area contributed by atoms with Gasteiger partial charge in [0.25, 0.3) is 5.89 Å². The highest BCUT2D eigenvalue weighted by molar-refractivity contribution is 5.85. The fraction of sp³-hybridized carbons (Fsp3) is 0.320. The van der Waals surface area contributed by atoms with Crippen LogP contribution in [-0.2, 0) is 11.3 Å². The minimum atomic E-state index is 0.193. The predicted molar refractivity (Wildman–Crippen MR) is 128 cm³/mol.